The van der Waals surface area contributed by atoms with E-state index in [0.717, 1.165) is 4.88 Å². The van der Waals surface area contributed by atoms with Crippen LogP contribution in [0.3, 0.4) is 0 Å². The maximum atomic E-state index is 11.7. The van der Waals surface area contributed by atoms with E-state index in [2.05, 4.69) is 5.32 Å². The van der Waals surface area contributed by atoms with Gasteiger partial charge in [0.2, 0.25) is 5.91 Å². The second kappa shape index (κ2) is 7.48. The lowest BCUT2D eigenvalue weighted by Crippen LogP contribution is -2.26. The van der Waals surface area contributed by atoms with E-state index >= 15 is 0 Å². The van der Waals surface area contributed by atoms with Crippen molar-refractivity contribution in [1.29, 1.82) is 0 Å². The third-order valence-electron chi connectivity index (χ3n) is 2.87. The SMILES string of the molecule is O=C(/C=C/c1ccc([N+](=O)[O-])cc1)NCC(O)c1cccs1. The number of carbonyl (C=O) groups excluding carboxylic acids is 1. The summed E-state index contributed by atoms with van der Waals surface area (Å²) in [6.45, 7) is 0.129. The maximum absolute atomic E-state index is 11.7. The molecule has 22 heavy (non-hydrogen) atoms. The quantitative estimate of drug-likeness (QED) is 0.486. The molecule has 2 aromatic rings. The number of nitro benzene ring substituents is 1. The van der Waals surface area contributed by atoms with Crippen molar-refractivity contribution in [2.24, 2.45) is 0 Å². The molecular formula is C15H14N2O4S. The summed E-state index contributed by atoms with van der Waals surface area (Å²) < 4.78 is 0. The van der Waals surface area contributed by atoms with Gasteiger partial charge >= 0.3 is 0 Å². The molecule has 0 saturated heterocycles. The maximum Gasteiger partial charge on any atom is 0.269 e. The molecule has 2 rings (SSSR count). The lowest BCUT2D eigenvalue weighted by atomic mass is 10.2. The summed E-state index contributed by atoms with van der Waals surface area (Å²) >= 11 is 1.42. The molecule has 0 saturated carbocycles. The van der Waals surface area contributed by atoms with Gasteiger partial charge in [0, 0.05) is 29.6 Å². The normalized spacial score (nSPS) is 12.2. The summed E-state index contributed by atoms with van der Waals surface area (Å²) in [5.41, 5.74) is 0.681. The first-order valence-electron chi connectivity index (χ1n) is 6.48. The number of non-ortho nitro benzene ring substituents is 1. The van der Waals surface area contributed by atoms with Gasteiger partial charge in [-0.25, -0.2) is 0 Å². The number of hydrogen-bond donors (Lipinski definition) is 2. The monoisotopic (exact) mass is 318 g/mol. The van der Waals surface area contributed by atoms with Gasteiger partial charge < -0.3 is 10.4 Å². The van der Waals surface area contributed by atoms with E-state index in [9.17, 15) is 20.0 Å². The fourth-order valence-electron chi connectivity index (χ4n) is 1.72. The molecule has 0 aliphatic rings. The fourth-order valence-corrected chi connectivity index (χ4v) is 2.43. The fraction of sp³-hybridized carbons (Fsp3) is 0.133. The standard InChI is InChI=1S/C15H14N2O4S/c18-13(14-2-1-9-22-14)10-16-15(19)8-5-11-3-6-12(7-4-11)17(20)21/h1-9,13,18H,10H2,(H,16,19)/b8-5+. The molecule has 114 valence electrons. The molecule has 0 fully saturated rings. The van der Waals surface area contributed by atoms with E-state index in [1.54, 1.807) is 24.3 Å². The van der Waals surface area contributed by atoms with Crippen LogP contribution in [0.4, 0.5) is 5.69 Å². The Labute approximate surface area is 130 Å². The van der Waals surface area contributed by atoms with Crippen LogP contribution in [0.25, 0.3) is 6.08 Å². The number of aliphatic hydroxyl groups is 1. The van der Waals surface area contributed by atoms with Crippen molar-refractivity contribution in [2.75, 3.05) is 6.54 Å². The van der Waals surface area contributed by atoms with Gasteiger partial charge in [-0.1, -0.05) is 6.07 Å². The summed E-state index contributed by atoms with van der Waals surface area (Å²) in [6.07, 6.45) is 2.15. The Morgan fingerprint density at radius 2 is 2.09 bits per heavy atom. The first-order valence-corrected chi connectivity index (χ1v) is 7.36. The first-order chi connectivity index (χ1) is 10.6. The van der Waals surface area contributed by atoms with Crippen LogP contribution in [0.1, 0.15) is 16.5 Å². The van der Waals surface area contributed by atoms with Crippen molar-refractivity contribution in [3.8, 4) is 0 Å². The average Bonchev–Trinajstić information content (AvgIpc) is 3.05. The molecule has 0 bridgehead atoms. The molecule has 0 aliphatic heterocycles. The summed E-state index contributed by atoms with van der Waals surface area (Å²) in [7, 11) is 0. The van der Waals surface area contributed by atoms with E-state index in [1.165, 1.54) is 29.5 Å². The largest absolute Gasteiger partial charge is 0.386 e. The molecule has 1 aromatic carbocycles. The molecule has 0 radical (unpaired) electrons. The third kappa shape index (κ3) is 4.51. The van der Waals surface area contributed by atoms with Crippen LogP contribution in [0, 0.1) is 10.1 Å². The molecule has 2 N–H and O–H groups in total. The highest BCUT2D eigenvalue weighted by atomic mass is 32.1. The summed E-state index contributed by atoms with van der Waals surface area (Å²) in [5.74, 6) is -0.339. The van der Waals surface area contributed by atoms with Crippen LogP contribution in [0.2, 0.25) is 0 Å². The summed E-state index contributed by atoms with van der Waals surface area (Å²) in [6, 6.07) is 9.49. The zero-order valence-electron chi connectivity index (χ0n) is 11.5. The second-order valence-corrected chi connectivity index (χ2v) is 5.44. The Balaban J connectivity index is 1.84. The molecule has 1 atom stereocenters. The molecule has 1 unspecified atom stereocenters. The van der Waals surface area contributed by atoms with Crippen molar-refractivity contribution >= 4 is 29.0 Å². The molecular weight excluding hydrogens is 304 g/mol. The van der Waals surface area contributed by atoms with Gasteiger partial charge in [-0.05, 0) is 35.2 Å². The zero-order valence-corrected chi connectivity index (χ0v) is 12.3. The smallest absolute Gasteiger partial charge is 0.269 e. The Hall–Kier alpha value is -2.51. The van der Waals surface area contributed by atoms with E-state index in [-0.39, 0.29) is 18.1 Å². The number of nitrogens with zero attached hydrogens (tertiary/aromatic N) is 1. The van der Waals surface area contributed by atoms with Crippen molar-refractivity contribution in [2.45, 2.75) is 6.10 Å². The van der Waals surface area contributed by atoms with E-state index in [0.29, 0.717) is 5.56 Å². The number of thiophene rings is 1. The van der Waals surface area contributed by atoms with E-state index in [1.807, 2.05) is 11.4 Å². The Kier molecular flexibility index (Phi) is 5.40. The lowest BCUT2D eigenvalue weighted by Gasteiger charge is -2.08. The van der Waals surface area contributed by atoms with Gasteiger partial charge in [0.25, 0.3) is 5.69 Å². The van der Waals surface area contributed by atoms with Crippen LogP contribution in [0.15, 0.2) is 47.9 Å². The second-order valence-electron chi connectivity index (χ2n) is 4.46. The topological polar surface area (TPSA) is 92.5 Å². The molecule has 6 nitrogen and oxygen atoms in total. The molecule has 0 aliphatic carbocycles. The zero-order chi connectivity index (χ0) is 15.9. The highest BCUT2D eigenvalue weighted by Crippen LogP contribution is 2.17. The molecule has 7 heteroatoms. The number of hydrogen-bond acceptors (Lipinski definition) is 5. The number of nitro groups is 1. The molecule has 1 aromatic heterocycles. The van der Waals surface area contributed by atoms with Crippen molar-refractivity contribution in [3.63, 3.8) is 0 Å². The van der Waals surface area contributed by atoms with Crippen LogP contribution in [-0.4, -0.2) is 22.5 Å². The van der Waals surface area contributed by atoms with Crippen molar-refractivity contribution in [1.82, 2.24) is 5.32 Å². The van der Waals surface area contributed by atoms with Gasteiger partial charge in [-0.2, -0.15) is 0 Å². The minimum atomic E-state index is -0.725. The van der Waals surface area contributed by atoms with Crippen molar-refractivity contribution in [3.05, 3.63) is 68.4 Å². The van der Waals surface area contributed by atoms with Crippen molar-refractivity contribution < 1.29 is 14.8 Å². The minimum absolute atomic E-state index is 0.000622. The predicted octanol–water partition coefficient (Wildman–Crippen LogP) is 2.52. The Morgan fingerprint density at radius 1 is 1.36 bits per heavy atom. The predicted molar refractivity (Wildman–Crippen MR) is 84.4 cm³/mol. The van der Waals surface area contributed by atoms with Gasteiger partial charge in [0.05, 0.1) is 4.92 Å². The van der Waals surface area contributed by atoms with Gasteiger partial charge in [-0.15, -0.1) is 11.3 Å². The van der Waals surface area contributed by atoms with Gasteiger partial charge in [0.1, 0.15) is 6.10 Å². The van der Waals surface area contributed by atoms with E-state index in [4.69, 9.17) is 0 Å². The number of amides is 1. The van der Waals surface area contributed by atoms with Crippen LogP contribution >= 0.6 is 11.3 Å². The van der Waals surface area contributed by atoms with Crippen LogP contribution in [-0.2, 0) is 4.79 Å². The van der Waals surface area contributed by atoms with Gasteiger partial charge in [-0.3, -0.25) is 14.9 Å². The molecule has 1 heterocycles. The number of benzene rings is 1. The van der Waals surface area contributed by atoms with Gasteiger partial charge in [0.15, 0.2) is 0 Å². The number of aliphatic hydroxyl groups excluding tert-OH is 1. The Bertz CT molecular complexity index is 665. The minimum Gasteiger partial charge on any atom is -0.386 e. The number of carbonyl (C=O) groups is 1. The molecule has 1 amide bonds. The highest BCUT2D eigenvalue weighted by molar-refractivity contribution is 7.10. The average molecular weight is 318 g/mol. The summed E-state index contributed by atoms with van der Waals surface area (Å²) in [4.78, 5) is 22.5. The highest BCUT2D eigenvalue weighted by Gasteiger charge is 2.09. The van der Waals surface area contributed by atoms with Crippen LogP contribution in [0.5, 0.6) is 0 Å². The molecule has 0 spiro atoms. The number of rotatable bonds is 6. The number of nitrogens with one attached hydrogen (secondary N) is 1. The Morgan fingerprint density at radius 3 is 2.68 bits per heavy atom. The summed E-state index contributed by atoms with van der Waals surface area (Å²) in [5, 5.41) is 24.8. The third-order valence-corrected chi connectivity index (χ3v) is 3.85. The lowest BCUT2D eigenvalue weighted by molar-refractivity contribution is -0.384. The van der Waals surface area contributed by atoms with E-state index < -0.39 is 11.0 Å². The first kappa shape index (κ1) is 15.9. The van der Waals surface area contributed by atoms with Crippen LogP contribution < -0.4 is 5.32 Å².